The number of nitrogens with zero attached hydrogens (tertiary/aromatic N) is 2. The van der Waals surface area contributed by atoms with E-state index in [1.165, 1.54) is 90.8 Å². The lowest BCUT2D eigenvalue weighted by Crippen LogP contribution is -2.37. The van der Waals surface area contributed by atoms with Crippen molar-refractivity contribution >= 4 is 12.4 Å². The summed E-state index contributed by atoms with van der Waals surface area (Å²) in [6.45, 7) is 9.31. The van der Waals surface area contributed by atoms with Crippen LogP contribution >= 0.6 is 12.4 Å². The molecule has 0 aromatic rings. The first-order chi connectivity index (χ1) is 9.42. The second-order valence-corrected chi connectivity index (χ2v) is 6.82. The van der Waals surface area contributed by atoms with Crippen LogP contribution in [0.25, 0.3) is 0 Å². The molecule has 20 heavy (non-hydrogen) atoms. The summed E-state index contributed by atoms with van der Waals surface area (Å²) in [5.74, 6) is 0.963. The molecule has 3 rings (SSSR count). The summed E-state index contributed by atoms with van der Waals surface area (Å²) in [6, 6.07) is 0.903. The molecule has 3 saturated heterocycles. The molecule has 0 aromatic carbocycles. The minimum atomic E-state index is 0. The SMILES string of the molecule is C1CC(N2CCCC2)CCN(CC2CCNCC2)C1.Cl. The average Bonchev–Trinajstić information content (AvgIpc) is 2.88. The maximum Gasteiger partial charge on any atom is 0.0108 e. The smallest absolute Gasteiger partial charge is 0.0108 e. The van der Waals surface area contributed by atoms with Gasteiger partial charge in [0.1, 0.15) is 0 Å². The maximum absolute atomic E-state index is 3.48. The van der Waals surface area contributed by atoms with E-state index in [1.54, 1.807) is 0 Å². The minimum Gasteiger partial charge on any atom is -0.317 e. The van der Waals surface area contributed by atoms with Crippen molar-refractivity contribution in [2.45, 2.75) is 51.0 Å². The van der Waals surface area contributed by atoms with E-state index >= 15 is 0 Å². The van der Waals surface area contributed by atoms with E-state index < -0.39 is 0 Å². The fraction of sp³-hybridized carbons (Fsp3) is 1.00. The number of halogens is 1. The Morgan fingerprint density at radius 2 is 1.55 bits per heavy atom. The molecule has 118 valence electrons. The van der Waals surface area contributed by atoms with E-state index in [1.807, 2.05) is 0 Å². The van der Waals surface area contributed by atoms with E-state index in [-0.39, 0.29) is 12.4 Å². The fourth-order valence-corrected chi connectivity index (χ4v) is 4.22. The zero-order valence-electron chi connectivity index (χ0n) is 12.9. The van der Waals surface area contributed by atoms with Crippen LogP contribution in [0, 0.1) is 5.92 Å². The molecule has 0 aliphatic carbocycles. The van der Waals surface area contributed by atoms with Gasteiger partial charge < -0.3 is 15.1 Å². The van der Waals surface area contributed by atoms with Gasteiger partial charge in [-0.1, -0.05) is 0 Å². The van der Waals surface area contributed by atoms with Crippen LogP contribution < -0.4 is 5.32 Å². The second-order valence-electron chi connectivity index (χ2n) is 6.82. The van der Waals surface area contributed by atoms with Crippen molar-refractivity contribution in [2.24, 2.45) is 5.92 Å². The van der Waals surface area contributed by atoms with Crippen molar-refractivity contribution < 1.29 is 0 Å². The van der Waals surface area contributed by atoms with Crippen LogP contribution in [0.3, 0.4) is 0 Å². The molecule has 1 N–H and O–H groups in total. The third-order valence-corrected chi connectivity index (χ3v) is 5.42. The molecule has 3 aliphatic heterocycles. The van der Waals surface area contributed by atoms with Crippen molar-refractivity contribution in [3.63, 3.8) is 0 Å². The number of rotatable bonds is 3. The Bertz CT molecular complexity index is 262. The summed E-state index contributed by atoms with van der Waals surface area (Å²) in [5.41, 5.74) is 0. The summed E-state index contributed by atoms with van der Waals surface area (Å²) in [6.07, 6.45) is 9.96. The topological polar surface area (TPSA) is 18.5 Å². The van der Waals surface area contributed by atoms with Gasteiger partial charge in [-0.15, -0.1) is 12.4 Å². The lowest BCUT2D eigenvalue weighted by atomic mass is 9.97. The van der Waals surface area contributed by atoms with E-state index in [4.69, 9.17) is 0 Å². The summed E-state index contributed by atoms with van der Waals surface area (Å²) >= 11 is 0. The second kappa shape index (κ2) is 8.57. The molecule has 0 bridgehead atoms. The molecule has 0 amide bonds. The van der Waals surface area contributed by atoms with Gasteiger partial charge >= 0.3 is 0 Å². The van der Waals surface area contributed by atoms with Gasteiger partial charge in [-0.2, -0.15) is 0 Å². The molecule has 3 aliphatic rings. The van der Waals surface area contributed by atoms with Gasteiger partial charge in [0.05, 0.1) is 0 Å². The number of piperidine rings is 1. The quantitative estimate of drug-likeness (QED) is 0.863. The molecule has 3 fully saturated rings. The highest BCUT2D eigenvalue weighted by Crippen LogP contribution is 2.22. The highest BCUT2D eigenvalue weighted by molar-refractivity contribution is 5.85. The Labute approximate surface area is 130 Å². The van der Waals surface area contributed by atoms with Gasteiger partial charge in [-0.3, -0.25) is 0 Å². The van der Waals surface area contributed by atoms with Crippen LogP contribution in [0.2, 0.25) is 0 Å². The number of likely N-dealkylation sites (tertiary alicyclic amines) is 2. The van der Waals surface area contributed by atoms with E-state index in [0.717, 1.165) is 12.0 Å². The fourth-order valence-electron chi connectivity index (χ4n) is 4.22. The highest BCUT2D eigenvalue weighted by atomic mass is 35.5. The first kappa shape index (κ1) is 16.5. The normalized spacial score (nSPS) is 30.9. The number of hydrogen-bond donors (Lipinski definition) is 1. The van der Waals surface area contributed by atoms with Crippen molar-refractivity contribution in [1.82, 2.24) is 15.1 Å². The zero-order chi connectivity index (χ0) is 12.9. The molecule has 4 heteroatoms. The molecular weight excluding hydrogens is 270 g/mol. The third kappa shape index (κ3) is 4.59. The van der Waals surface area contributed by atoms with Crippen molar-refractivity contribution in [3.05, 3.63) is 0 Å². The first-order valence-electron chi connectivity index (χ1n) is 8.59. The first-order valence-corrected chi connectivity index (χ1v) is 8.59. The van der Waals surface area contributed by atoms with Crippen LogP contribution in [-0.2, 0) is 0 Å². The molecular formula is C16H32ClN3. The molecule has 3 heterocycles. The highest BCUT2D eigenvalue weighted by Gasteiger charge is 2.25. The van der Waals surface area contributed by atoms with E-state index in [0.29, 0.717) is 0 Å². The molecule has 0 spiro atoms. The van der Waals surface area contributed by atoms with Crippen LogP contribution in [0.5, 0.6) is 0 Å². The Hall–Kier alpha value is 0.170. The predicted molar refractivity (Wildman–Crippen MR) is 87.7 cm³/mol. The maximum atomic E-state index is 3.48. The molecule has 0 radical (unpaired) electrons. The predicted octanol–water partition coefficient (Wildman–Crippen LogP) is 2.36. The van der Waals surface area contributed by atoms with Crippen LogP contribution in [0.15, 0.2) is 0 Å². The summed E-state index contributed by atoms with van der Waals surface area (Å²) in [7, 11) is 0. The minimum absolute atomic E-state index is 0. The van der Waals surface area contributed by atoms with Crippen molar-refractivity contribution in [1.29, 1.82) is 0 Å². The van der Waals surface area contributed by atoms with Gasteiger partial charge in [0.2, 0.25) is 0 Å². The lowest BCUT2D eigenvalue weighted by Gasteiger charge is -2.30. The number of hydrogen-bond acceptors (Lipinski definition) is 3. The average molecular weight is 302 g/mol. The lowest BCUT2D eigenvalue weighted by molar-refractivity contribution is 0.194. The molecule has 0 saturated carbocycles. The van der Waals surface area contributed by atoms with Crippen molar-refractivity contribution in [3.8, 4) is 0 Å². The summed E-state index contributed by atoms with van der Waals surface area (Å²) in [5, 5.41) is 3.48. The summed E-state index contributed by atoms with van der Waals surface area (Å²) < 4.78 is 0. The van der Waals surface area contributed by atoms with E-state index in [9.17, 15) is 0 Å². The molecule has 1 atom stereocenters. The standard InChI is InChI=1S/C16H31N3.ClH/c1-2-12-19(11-1)16-4-3-10-18(13-7-16)14-15-5-8-17-9-6-15;/h15-17H,1-14H2;1H. The Morgan fingerprint density at radius 1 is 0.800 bits per heavy atom. The van der Waals surface area contributed by atoms with Gasteiger partial charge in [0.25, 0.3) is 0 Å². The number of nitrogens with one attached hydrogen (secondary N) is 1. The van der Waals surface area contributed by atoms with Crippen LogP contribution in [-0.4, -0.2) is 61.7 Å². The molecule has 1 unspecified atom stereocenters. The van der Waals surface area contributed by atoms with Crippen molar-refractivity contribution in [2.75, 3.05) is 45.8 Å². The molecule has 3 nitrogen and oxygen atoms in total. The van der Waals surface area contributed by atoms with Crippen LogP contribution in [0.1, 0.15) is 44.9 Å². The Kier molecular flexibility index (Phi) is 7.09. The van der Waals surface area contributed by atoms with Gasteiger partial charge in [-0.25, -0.2) is 0 Å². The largest absolute Gasteiger partial charge is 0.317 e. The summed E-state index contributed by atoms with van der Waals surface area (Å²) in [4.78, 5) is 5.54. The Balaban J connectivity index is 0.00000147. The zero-order valence-corrected chi connectivity index (χ0v) is 13.7. The van der Waals surface area contributed by atoms with Crippen LogP contribution in [0.4, 0.5) is 0 Å². The van der Waals surface area contributed by atoms with Gasteiger partial charge in [-0.05, 0) is 90.1 Å². The van der Waals surface area contributed by atoms with Gasteiger partial charge in [0.15, 0.2) is 0 Å². The van der Waals surface area contributed by atoms with Gasteiger partial charge in [0, 0.05) is 12.6 Å². The van der Waals surface area contributed by atoms with E-state index in [2.05, 4.69) is 15.1 Å². The third-order valence-electron chi connectivity index (χ3n) is 5.42. The molecule has 0 aromatic heterocycles. The Morgan fingerprint density at radius 3 is 2.30 bits per heavy atom. The monoisotopic (exact) mass is 301 g/mol.